The summed E-state index contributed by atoms with van der Waals surface area (Å²) < 4.78 is 0. The van der Waals surface area contributed by atoms with Crippen molar-refractivity contribution in [3.8, 4) is 0 Å². The van der Waals surface area contributed by atoms with Crippen molar-refractivity contribution in [3.05, 3.63) is 52.4 Å². The Morgan fingerprint density at radius 2 is 2.11 bits per heavy atom. The molecule has 5 nitrogen and oxygen atoms in total. The number of rotatable bonds is 3. The second kappa shape index (κ2) is 5.12. The molecule has 6 heteroatoms. The van der Waals surface area contributed by atoms with Crippen molar-refractivity contribution < 1.29 is 4.79 Å². The first-order valence-electron chi connectivity index (χ1n) is 5.22. The molecule has 0 aliphatic rings. The molecule has 0 bridgehead atoms. The Kier molecular flexibility index (Phi) is 3.55. The van der Waals surface area contributed by atoms with Gasteiger partial charge in [-0.2, -0.15) is 0 Å². The van der Waals surface area contributed by atoms with Crippen molar-refractivity contribution >= 4 is 23.2 Å². The molecule has 0 atom stereocenters. The molecule has 0 aliphatic carbocycles. The number of carbonyl (C=O) groups is 1. The molecule has 0 aliphatic heterocycles. The summed E-state index contributed by atoms with van der Waals surface area (Å²) in [6, 6.07) is 4.72. The van der Waals surface area contributed by atoms with Crippen molar-refractivity contribution in [3.63, 3.8) is 0 Å². The van der Waals surface area contributed by atoms with Gasteiger partial charge in [0.1, 0.15) is 5.82 Å². The summed E-state index contributed by atoms with van der Waals surface area (Å²) in [4.78, 5) is 20.1. The molecule has 0 radical (unpaired) electrons. The van der Waals surface area contributed by atoms with Crippen LogP contribution in [0.3, 0.4) is 0 Å². The van der Waals surface area contributed by atoms with Crippen LogP contribution in [0, 0.1) is 0 Å². The summed E-state index contributed by atoms with van der Waals surface area (Å²) in [6.07, 6.45) is 2.93. The predicted octanol–water partition coefficient (Wildman–Crippen LogP) is 1.40. The van der Waals surface area contributed by atoms with Crippen molar-refractivity contribution in [2.45, 2.75) is 6.54 Å². The number of aromatic nitrogens is 2. The highest BCUT2D eigenvalue weighted by atomic mass is 35.5. The molecule has 2 aromatic rings. The fourth-order valence-electron chi connectivity index (χ4n) is 1.52. The van der Waals surface area contributed by atoms with Gasteiger partial charge in [-0.05, 0) is 18.2 Å². The number of nitrogen functional groups attached to an aromatic ring is 1. The molecule has 92 valence electrons. The normalized spacial score (nSPS) is 10.3. The van der Waals surface area contributed by atoms with E-state index in [1.54, 1.807) is 12.1 Å². The predicted molar refractivity (Wildman–Crippen MR) is 69.2 cm³/mol. The van der Waals surface area contributed by atoms with E-state index in [9.17, 15) is 4.79 Å². The Balaban J connectivity index is 2.44. The third-order valence-electron chi connectivity index (χ3n) is 2.42. The molecule has 18 heavy (non-hydrogen) atoms. The third kappa shape index (κ3) is 2.47. The van der Waals surface area contributed by atoms with Crippen LogP contribution in [0.2, 0.25) is 5.02 Å². The van der Waals surface area contributed by atoms with Crippen LogP contribution < -0.4 is 11.5 Å². The molecule has 0 amide bonds. The van der Waals surface area contributed by atoms with Crippen LogP contribution in [0.5, 0.6) is 0 Å². The van der Waals surface area contributed by atoms with Crippen LogP contribution in [-0.2, 0) is 6.54 Å². The van der Waals surface area contributed by atoms with E-state index in [1.807, 2.05) is 0 Å². The largest absolute Gasteiger partial charge is 0.383 e. The molecule has 0 saturated heterocycles. The highest BCUT2D eigenvalue weighted by Crippen LogP contribution is 2.18. The zero-order chi connectivity index (χ0) is 13.1. The highest BCUT2D eigenvalue weighted by Gasteiger charge is 2.14. The third-order valence-corrected chi connectivity index (χ3v) is 2.62. The van der Waals surface area contributed by atoms with Crippen LogP contribution in [0.15, 0.2) is 30.6 Å². The van der Waals surface area contributed by atoms with E-state index < -0.39 is 0 Å². The van der Waals surface area contributed by atoms with E-state index in [0.717, 1.165) is 0 Å². The number of anilines is 1. The lowest BCUT2D eigenvalue weighted by Crippen LogP contribution is -2.09. The number of nitrogens with two attached hydrogens (primary N) is 2. The molecule has 0 fully saturated rings. The highest BCUT2D eigenvalue weighted by molar-refractivity contribution is 6.31. The number of ketones is 1. The van der Waals surface area contributed by atoms with Gasteiger partial charge in [0, 0.05) is 24.5 Å². The molecule has 4 N–H and O–H groups in total. The summed E-state index contributed by atoms with van der Waals surface area (Å²) in [5, 5.41) is 0.362. The number of hydrogen-bond acceptors (Lipinski definition) is 5. The first-order chi connectivity index (χ1) is 8.61. The molecule has 2 aromatic heterocycles. The molecule has 0 saturated carbocycles. The smallest absolute Gasteiger partial charge is 0.196 e. The number of nitrogens with zero attached hydrogens (tertiary/aromatic N) is 2. The molecular weight excluding hydrogens is 252 g/mol. The Hall–Kier alpha value is -1.98. The topological polar surface area (TPSA) is 94.9 Å². The van der Waals surface area contributed by atoms with Gasteiger partial charge in [0.2, 0.25) is 0 Å². The van der Waals surface area contributed by atoms with E-state index >= 15 is 0 Å². The van der Waals surface area contributed by atoms with Gasteiger partial charge < -0.3 is 11.5 Å². The minimum absolute atomic E-state index is 0.149. The van der Waals surface area contributed by atoms with Crippen LogP contribution in [-0.4, -0.2) is 15.8 Å². The van der Waals surface area contributed by atoms with Crippen molar-refractivity contribution in [1.29, 1.82) is 0 Å². The lowest BCUT2D eigenvalue weighted by atomic mass is 10.0. The van der Waals surface area contributed by atoms with E-state index in [-0.39, 0.29) is 23.7 Å². The average Bonchev–Trinajstić information content (AvgIpc) is 2.41. The summed E-state index contributed by atoms with van der Waals surface area (Å²) in [7, 11) is 0. The van der Waals surface area contributed by atoms with E-state index in [1.165, 1.54) is 18.5 Å². The molecule has 0 spiro atoms. The van der Waals surface area contributed by atoms with E-state index in [4.69, 9.17) is 23.1 Å². The summed E-state index contributed by atoms with van der Waals surface area (Å²) in [6.45, 7) is 0.268. The molecule has 0 unspecified atom stereocenters. The van der Waals surface area contributed by atoms with Crippen LogP contribution in [0.4, 0.5) is 5.82 Å². The minimum Gasteiger partial charge on any atom is -0.383 e. The Bertz CT molecular complexity index is 600. The Morgan fingerprint density at radius 1 is 1.33 bits per heavy atom. The van der Waals surface area contributed by atoms with Gasteiger partial charge in [0.05, 0.1) is 16.3 Å². The quantitative estimate of drug-likeness (QED) is 0.816. The second-order valence-corrected chi connectivity index (χ2v) is 4.09. The summed E-state index contributed by atoms with van der Waals surface area (Å²) in [5.74, 6) is -0.102. The van der Waals surface area contributed by atoms with Gasteiger partial charge in [-0.3, -0.25) is 9.78 Å². The van der Waals surface area contributed by atoms with Gasteiger partial charge >= 0.3 is 0 Å². The van der Waals surface area contributed by atoms with Gasteiger partial charge in [-0.15, -0.1) is 0 Å². The van der Waals surface area contributed by atoms with E-state index in [0.29, 0.717) is 16.3 Å². The zero-order valence-electron chi connectivity index (χ0n) is 9.43. The lowest BCUT2D eigenvalue weighted by Gasteiger charge is -2.05. The van der Waals surface area contributed by atoms with Crippen molar-refractivity contribution in [1.82, 2.24) is 9.97 Å². The van der Waals surface area contributed by atoms with Crippen LogP contribution in [0.1, 0.15) is 21.6 Å². The van der Waals surface area contributed by atoms with Crippen LogP contribution >= 0.6 is 11.6 Å². The monoisotopic (exact) mass is 262 g/mol. The van der Waals surface area contributed by atoms with Gasteiger partial charge in [-0.1, -0.05) is 11.6 Å². The molecule has 0 aromatic carbocycles. The number of hydrogen-bond donors (Lipinski definition) is 2. The van der Waals surface area contributed by atoms with Gasteiger partial charge in [-0.25, -0.2) is 4.98 Å². The lowest BCUT2D eigenvalue weighted by molar-refractivity contribution is 0.103. The van der Waals surface area contributed by atoms with Crippen molar-refractivity contribution in [2.24, 2.45) is 5.73 Å². The van der Waals surface area contributed by atoms with E-state index in [2.05, 4.69) is 9.97 Å². The standard InChI is InChI=1S/C12H11ClN4O/c13-8-4-10(12(15)17-6-8)11(18)7-1-2-16-9(3-7)5-14/h1-4,6H,5,14H2,(H2,15,17). The fourth-order valence-corrected chi connectivity index (χ4v) is 1.68. The zero-order valence-corrected chi connectivity index (χ0v) is 10.2. The summed E-state index contributed by atoms with van der Waals surface area (Å²) in [5.41, 5.74) is 12.5. The minimum atomic E-state index is -0.250. The number of pyridine rings is 2. The number of carbonyl (C=O) groups excluding carboxylic acids is 1. The maximum absolute atomic E-state index is 12.2. The number of halogens is 1. The maximum atomic E-state index is 12.2. The van der Waals surface area contributed by atoms with Crippen molar-refractivity contribution in [2.75, 3.05) is 5.73 Å². The fraction of sp³-hybridized carbons (Fsp3) is 0.0833. The summed E-state index contributed by atoms with van der Waals surface area (Å²) >= 11 is 5.80. The average molecular weight is 263 g/mol. The molecular formula is C12H11ClN4O. The Morgan fingerprint density at radius 3 is 2.83 bits per heavy atom. The molecule has 2 heterocycles. The first kappa shape index (κ1) is 12.5. The van der Waals surface area contributed by atoms with Gasteiger partial charge in [0.25, 0.3) is 0 Å². The first-order valence-corrected chi connectivity index (χ1v) is 5.60. The second-order valence-electron chi connectivity index (χ2n) is 3.66. The van der Waals surface area contributed by atoms with Crippen LogP contribution in [0.25, 0.3) is 0 Å². The maximum Gasteiger partial charge on any atom is 0.196 e. The Labute approximate surface area is 109 Å². The van der Waals surface area contributed by atoms with Gasteiger partial charge in [0.15, 0.2) is 5.78 Å². The molecule has 2 rings (SSSR count). The SMILES string of the molecule is NCc1cc(C(=O)c2cc(Cl)cnc2N)ccn1.